The van der Waals surface area contributed by atoms with Crippen LogP contribution in [0.15, 0.2) is 48.5 Å². The van der Waals surface area contributed by atoms with Gasteiger partial charge in [-0.3, -0.25) is 14.9 Å². The molecule has 0 saturated heterocycles. The lowest BCUT2D eigenvalue weighted by atomic mass is 10.1. The Morgan fingerprint density at radius 2 is 1.83 bits per heavy atom. The van der Waals surface area contributed by atoms with Crippen molar-refractivity contribution in [2.75, 3.05) is 25.5 Å². The highest BCUT2D eigenvalue weighted by Crippen LogP contribution is 2.16. The first-order chi connectivity index (χ1) is 11.5. The number of rotatable bonds is 4. The van der Waals surface area contributed by atoms with Gasteiger partial charge < -0.3 is 10.2 Å². The normalized spacial score (nSPS) is 9.58. The van der Waals surface area contributed by atoms with Crippen molar-refractivity contribution in [1.29, 1.82) is 0 Å². The van der Waals surface area contributed by atoms with Gasteiger partial charge in [-0.1, -0.05) is 24.0 Å². The van der Waals surface area contributed by atoms with Crippen LogP contribution in [0.5, 0.6) is 0 Å². The predicted octanol–water partition coefficient (Wildman–Crippen LogP) is 2.44. The largest absolute Gasteiger partial charge is 0.377 e. The molecular weight excluding hydrogens is 306 g/mol. The molecule has 2 aromatic rings. The van der Waals surface area contributed by atoms with Crippen LogP contribution in [0, 0.1) is 22.0 Å². The molecule has 24 heavy (non-hydrogen) atoms. The number of carbonyl (C=O) groups excluding carboxylic acids is 1. The molecule has 0 atom stereocenters. The average Bonchev–Trinajstić information content (AvgIpc) is 2.58. The van der Waals surface area contributed by atoms with Gasteiger partial charge in [0.25, 0.3) is 11.6 Å². The molecule has 0 radical (unpaired) electrons. The maximum Gasteiger partial charge on any atom is 0.269 e. The van der Waals surface area contributed by atoms with E-state index in [9.17, 15) is 14.9 Å². The van der Waals surface area contributed by atoms with E-state index in [1.54, 1.807) is 0 Å². The van der Waals surface area contributed by atoms with Crippen LogP contribution in [0.2, 0.25) is 0 Å². The number of nitrogens with zero attached hydrogens (tertiary/aromatic N) is 2. The number of nitrogens with one attached hydrogen (secondary N) is 1. The fourth-order valence-corrected chi connectivity index (χ4v) is 2.07. The van der Waals surface area contributed by atoms with Crippen molar-refractivity contribution in [3.05, 3.63) is 69.8 Å². The summed E-state index contributed by atoms with van der Waals surface area (Å²) in [7, 11) is 3.88. The Hall–Kier alpha value is -3.33. The summed E-state index contributed by atoms with van der Waals surface area (Å²) in [4.78, 5) is 24.0. The maximum atomic E-state index is 12.0. The standard InChI is InChI=1S/C18H17N3O3/c1-20(2)17-8-4-3-6-14(17)7-5-13-19-18(22)15-9-11-16(12-10-15)21(23)24/h3-4,6,8-12H,13H2,1-2H3,(H,19,22). The number of hydrogen-bond acceptors (Lipinski definition) is 4. The summed E-state index contributed by atoms with van der Waals surface area (Å²) in [5.74, 6) is 5.62. The first kappa shape index (κ1) is 17.0. The summed E-state index contributed by atoms with van der Waals surface area (Å²) < 4.78 is 0. The fraction of sp³-hybridized carbons (Fsp3) is 0.167. The van der Waals surface area contributed by atoms with E-state index < -0.39 is 4.92 Å². The van der Waals surface area contributed by atoms with Gasteiger partial charge in [0.1, 0.15) is 0 Å². The molecule has 0 heterocycles. The number of para-hydroxylation sites is 1. The maximum absolute atomic E-state index is 12.0. The molecule has 0 aromatic heterocycles. The van der Waals surface area contributed by atoms with E-state index in [1.165, 1.54) is 24.3 Å². The number of amides is 1. The van der Waals surface area contributed by atoms with Crippen LogP contribution in [0.4, 0.5) is 11.4 Å². The summed E-state index contributed by atoms with van der Waals surface area (Å²) in [5.41, 5.74) is 2.20. The second kappa shape index (κ2) is 7.79. The van der Waals surface area contributed by atoms with Gasteiger partial charge in [-0.25, -0.2) is 0 Å². The lowest BCUT2D eigenvalue weighted by molar-refractivity contribution is -0.384. The summed E-state index contributed by atoms with van der Waals surface area (Å²) in [6, 6.07) is 13.2. The van der Waals surface area contributed by atoms with Crippen molar-refractivity contribution >= 4 is 17.3 Å². The van der Waals surface area contributed by atoms with E-state index in [-0.39, 0.29) is 18.1 Å². The SMILES string of the molecule is CN(C)c1ccccc1C#CCNC(=O)c1ccc([N+](=O)[O-])cc1. The molecule has 6 nitrogen and oxygen atoms in total. The predicted molar refractivity (Wildman–Crippen MR) is 93.1 cm³/mol. The van der Waals surface area contributed by atoms with Crippen molar-refractivity contribution in [3.8, 4) is 11.8 Å². The van der Waals surface area contributed by atoms with Crippen LogP contribution in [0.1, 0.15) is 15.9 Å². The van der Waals surface area contributed by atoms with Crippen LogP contribution < -0.4 is 10.2 Å². The molecule has 0 bridgehead atoms. The Morgan fingerprint density at radius 3 is 2.46 bits per heavy atom. The number of hydrogen-bond donors (Lipinski definition) is 1. The molecule has 2 rings (SSSR count). The molecule has 0 aliphatic carbocycles. The van der Waals surface area contributed by atoms with Crippen molar-refractivity contribution in [2.45, 2.75) is 0 Å². The lowest BCUT2D eigenvalue weighted by Crippen LogP contribution is -2.23. The quantitative estimate of drug-likeness (QED) is 0.533. The molecule has 2 aromatic carbocycles. The monoisotopic (exact) mass is 323 g/mol. The highest BCUT2D eigenvalue weighted by molar-refractivity contribution is 5.94. The van der Waals surface area contributed by atoms with Gasteiger partial charge >= 0.3 is 0 Å². The van der Waals surface area contributed by atoms with Crippen LogP contribution in [0.25, 0.3) is 0 Å². The second-order valence-corrected chi connectivity index (χ2v) is 5.20. The highest BCUT2D eigenvalue weighted by Gasteiger charge is 2.08. The smallest absolute Gasteiger partial charge is 0.269 e. The third-order valence-corrected chi connectivity index (χ3v) is 3.29. The summed E-state index contributed by atoms with van der Waals surface area (Å²) in [5, 5.41) is 13.3. The molecule has 122 valence electrons. The van der Waals surface area contributed by atoms with Crippen LogP contribution in [-0.2, 0) is 0 Å². The first-order valence-electron chi connectivity index (χ1n) is 7.27. The summed E-state index contributed by atoms with van der Waals surface area (Å²) in [6.07, 6.45) is 0. The van der Waals surface area contributed by atoms with E-state index in [4.69, 9.17) is 0 Å². The van der Waals surface area contributed by atoms with Crippen LogP contribution in [-0.4, -0.2) is 31.5 Å². The summed E-state index contributed by atoms with van der Waals surface area (Å²) >= 11 is 0. The molecule has 1 amide bonds. The van der Waals surface area contributed by atoms with Gasteiger partial charge in [0.2, 0.25) is 0 Å². The van der Waals surface area contributed by atoms with Crippen molar-refractivity contribution in [2.24, 2.45) is 0 Å². The lowest BCUT2D eigenvalue weighted by Gasteiger charge is -2.13. The minimum absolute atomic E-state index is 0.0494. The van der Waals surface area contributed by atoms with Crippen LogP contribution in [0.3, 0.4) is 0 Å². The Kier molecular flexibility index (Phi) is 5.53. The number of carbonyl (C=O) groups is 1. The van der Waals surface area contributed by atoms with E-state index >= 15 is 0 Å². The minimum atomic E-state index is -0.505. The summed E-state index contributed by atoms with van der Waals surface area (Å²) in [6.45, 7) is 0.192. The average molecular weight is 323 g/mol. The number of nitro groups is 1. The molecule has 0 fully saturated rings. The van der Waals surface area contributed by atoms with Gasteiger partial charge in [-0.2, -0.15) is 0 Å². The van der Waals surface area contributed by atoms with E-state index in [2.05, 4.69) is 17.2 Å². The van der Waals surface area contributed by atoms with Gasteiger partial charge in [-0.15, -0.1) is 0 Å². The zero-order chi connectivity index (χ0) is 17.5. The minimum Gasteiger partial charge on any atom is -0.377 e. The zero-order valence-corrected chi connectivity index (χ0v) is 13.4. The Bertz CT molecular complexity index is 802. The third-order valence-electron chi connectivity index (χ3n) is 3.29. The fourth-order valence-electron chi connectivity index (χ4n) is 2.07. The molecule has 0 aliphatic rings. The van der Waals surface area contributed by atoms with E-state index in [0.717, 1.165) is 11.3 Å². The second-order valence-electron chi connectivity index (χ2n) is 5.20. The third kappa shape index (κ3) is 4.34. The molecule has 0 aliphatic heterocycles. The van der Waals surface area contributed by atoms with Gasteiger partial charge in [0.15, 0.2) is 0 Å². The number of non-ortho nitro benzene ring substituents is 1. The molecule has 0 spiro atoms. The molecule has 1 N–H and O–H groups in total. The van der Waals surface area contributed by atoms with E-state index in [1.807, 2.05) is 43.3 Å². The Morgan fingerprint density at radius 1 is 1.17 bits per heavy atom. The van der Waals surface area contributed by atoms with Gasteiger partial charge in [0, 0.05) is 37.4 Å². The number of nitro benzene ring substituents is 1. The van der Waals surface area contributed by atoms with Crippen molar-refractivity contribution in [1.82, 2.24) is 5.32 Å². The topological polar surface area (TPSA) is 75.5 Å². The Labute approximate surface area is 140 Å². The molecular formula is C18H17N3O3. The van der Waals surface area contributed by atoms with Gasteiger partial charge in [-0.05, 0) is 24.3 Å². The van der Waals surface area contributed by atoms with Gasteiger partial charge in [0.05, 0.1) is 17.2 Å². The highest BCUT2D eigenvalue weighted by atomic mass is 16.6. The van der Waals surface area contributed by atoms with Crippen LogP contribution >= 0.6 is 0 Å². The molecule has 6 heteroatoms. The molecule has 0 saturated carbocycles. The van der Waals surface area contributed by atoms with E-state index in [0.29, 0.717) is 5.56 Å². The molecule has 0 unspecified atom stereocenters. The number of anilines is 1. The Balaban J connectivity index is 1.98. The van der Waals surface area contributed by atoms with Crippen molar-refractivity contribution < 1.29 is 9.72 Å². The number of benzene rings is 2. The first-order valence-corrected chi connectivity index (χ1v) is 7.27. The zero-order valence-electron chi connectivity index (χ0n) is 13.4. The van der Waals surface area contributed by atoms with Crippen molar-refractivity contribution in [3.63, 3.8) is 0 Å².